The normalized spacial score (nSPS) is 25.4. The Kier molecular flexibility index (Phi) is 5.29. The number of rotatable bonds is 5. The highest BCUT2D eigenvalue weighted by Gasteiger charge is 2.40. The van der Waals surface area contributed by atoms with Gasteiger partial charge in [-0.1, -0.05) is 19.1 Å². The molecule has 1 saturated carbocycles. The summed E-state index contributed by atoms with van der Waals surface area (Å²) in [6.07, 6.45) is 6.12. The Hall–Kier alpha value is -1.75. The lowest BCUT2D eigenvalue weighted by atomic mass is 9.72. The van der Waals surface area contributed by atoms with Crippen molar-refractivity contribution in [3.63, 3.8) is 0 Å². The average Bonchev–Trinajstić information content (AvgIpc) is 2.58. The fourth-order valence-corrected chi connectivity index (χ4v) is 3.67. The molecule has 132 valence electrons. The number of carbonyl (C=O) groups excluding carboxylic acids is 1. The van der Waals surface area contributed by atoms with Gasteiger partial charge in [0.1, 0.15) is 5.75 Å². The van der Waals surface area contributed by atoms with Crippen LogP contribution >= 0.6 is 0 Å². The highest BCUT2D eigenvalue weighted by Crippen LogP contribution is 2.42. The molecule has 1 aliphatic heterocycles. The van der Waals surface area contributed by atoms with Gasteiger partial charge in [0.25, 0.3) is 0 Å². The van der Waals surface area contributed by atoms with E-state index in [1.165, 1.54) is 0 Å². The molecule has 5 heteroatoms. The summed E-state index contributed by atoms with van der Waals surface area (Å²) in [7, 11) is 1.67. The maximum Gasteiger partial charge on any atom is 0.315 e. The zero-order valence-corrected chi connectivity index (χ0v) is 14.6. The lowest BCUT2D eigenvalue weighted by molar-refractivity contribution is 0.00161. The van der Waals surface area contributed by atoms with E-state index in [-0.39, 0.29) is 23.7 Å². The molecule has 1 aliphatic carbocycles. The number of ether oxygens (including phenoxy) is 2. The van der Waals surface area contributed by atoms with Crippen molar-refractivity contribution < 1.29 is 14.3 Å². The van der Waals surface area contributed by atoms with Crippen LogP contribution in [0.3, 0.4) is 0 Å². The Morgan fingerprint density at radius 1 is 1.42 bits per heavy atom. The maximum absolute atomic E-state index is 12.5. The van der Waals surface area contributed by atoms with Crippen molar-refractivity contribution in [1.82, 2.24) is 10.6 Å². The number of urea groups is 1. The first kappa shape index (κ1) is 17.1. The van der Waals surface area contributed by atoms with Crippen LogP contribution < -0.4 is 15.4 Å². The molecule has 0 radical (unpaired) electrons. The second-order valence-electron chi connectivity index (χ2n) is 6.89. The number of nitrogens with one attached hydrogen (secondary N) is 2. The summed E-state index contributed by atoms with van der Waals surface area (Å²) in [5, 5.41) is 6.38. The van der Waals surface area contributed by atoms with E-state index in [1.54, 1.807) is 7.11 Å². The van der Waals surface area contributed by atoms with Gasteiger partial charge in [0, 0.05) is 12.6 Å². The van der Waals surface area contributed by atoms with E-state index in [4.69, 9.17) is 9.47 Å². The molecule has 0 spiro atoms. The first-order chi connectivity index (χ1) is 11.6. The molecule has 1 heterocycles. The number of benzene rings is 1. The highest BCUT2D eigenvalue weighted by molar-refractivity contribution is 5.75. The second-order valence-corrected chi connectivity index (χ2v) is 6.89. The Morgan fingerprint density at radius 2 is 2.25 bits per heavy atom. The van der Waals surface area contributed by atoms with Crippen molar-refractivity contribution in [2.75, 3.05) is 13.7 Å². The largest absolute Gasteiger partial charge is 0.497 e. The summed E-state index contributed by atoms with van der Waals surface area (Å²) in [6.45, 7) is 2.85. The number of hydrogen-bond acceptors (Lipinski definition) is 3. The lowest BCUT2D eigenvalue weighted by Gasteiger charge is -2.43. The van der Waals surface area contributed by atoms with E-state index in [0.717, 1.165) is 56.4 Å². The minimum absolute atomic E-state index is 0.0701. The van der Waals surface area contributed by atoms with E-state index in [1.807, 2.05) is 18.2 Å². The zero-order valence-electron chi connectivity index (χ0n) is 14.6. The van der Waals surface area contributed by atoms with Gasteiger partial charge in [-0.2, -0.15) is 0 Å². The molecule has 2 N–H and O–H groups in total. The molecule has 2 aliphatic rings. The van der Waals surface area contributed by atoms with Crippen molar-refractivity contribution in [2.45, 2.75) is 63.1 Å². The first-order valence-corrected chi connectivity index (χ1v) is 9.00. The average molecular weight is 332 g/mol. The number of methoxy groups -OCH3 is 1. The third kappa shape index (κ3) is 3.66. The predicted molar refractivity (Wildman–Crippen MR) is 93.2 cm³/mol. The fraction of sp³-hybridized carbons (Fsp3) is 0.632. The molecule has 0 bridgehead atoms. The smallest absolute Gasteiger partial charge is 0.315 e. The van der Waals surface area contributed by atoms with Crippen LogP contribution in [0.15, 0.2) is 24.3 Å². The van der Waals surface area contributed by atoms with E-state index in [0.29, 0.717) is 0 Å². The van der Waals surface area contributed by atoms with Gasteiger partial charge >= 0.3 is 6.03 Å². The van der Waals surface area contributed by atoms with Crippen LogP contribution in [-0.2, 0) is 10.3 Å². The van der Waals surface area contributed by atoms with E-state index in [2.05, 4.69) is 23.6 Å². The van der Waals surface area contributed by atoms with Gasteiger partial charge in [-0.05, 0) is 56.2 Å². The second kappa shape index (κ2) is 7.43. The molecule has 1 aromatic rings. The molecule has 1 saturated heterocycles. The molecule has 0 aromatic heterocycles. The lowest BCUT2D eigenvalue weighted by Crippen LogP contribution is -2.56. The summed E-state index contributed by atoms with van der Waals surface area (Å²) < 4.78 is 11.0. The third-order valence-electron chi connectivity index (χ3n) is 5.34. The van der Waals surface area contributed by atoms with Crippen LogP contribution in [0.5, 0.6) is 5.75 Å². The minimum Gasteiger partial charge on any atom is -0.497 e. The van der Waals surface area contributed by atoms with Crippen LogP contribution in [0.1, 0.15) is 51.0 Å². The Balaban J connectivity index is 1.63. The van der Waals surface area contributed by atoms with Crippen molar-refractivity contribution in [3.05, 3.63) is 29.8 Å². The van der Waals surface area contributed by atoms with Crippen LogP contribution in [0, 0.1) is 0 Å². The van der Waals surface area contributed by atoms with Crippen LogP contribution in [-0.4, -0.2) is 31.9 Å². The molecule has 5 nitrogen and oxygen atoms in total. The van der Waals surface area contributed by atoms with Gasteiger partial charge in [-0.3, -0.25) is 0 Å². The molecular formula is C19H28N2O3. The Bertz CT molecular complexity index is 571. The van der Waals surface area contributed by atoms with Gasteiger partial charge in [0.2, 0.25) is 0 Å². The number of hydrogen-bond donors (Lipinski definition) is 2. The number of carbonyl (C=O) groups is 1. The Labute approximate surface area is 144 Å². The molecule has 3 rings (SSSR count). The fourth-order valence-electron chi connectivity index (χ4n) is 3.67. The van der Waals surface area contributed by atoms with Crippen LogP contribution in [0.4, 0.5) is 4.79 Å². The quantitative estimate of drug-likeness (QED) is 0.869. The standard InChI is InChI=1S/C19H28N2O3/c1-3-16-13-15(8-11-24-16)20-18(22)21-19(9-5-10-19)14-6-4-7-17(12-14)23-2/h4,6-7,12,15-16H,3,5,8-11,13H2,1-2H3,(H2,20,21,22). The van der Waals surface area contributed by atoms with Crippen LogP contribution in [0.2, 0.25) is 0 Å². The van der Waals surface area contributed by atoms with Crippen molar-refractivity contribution in [2.24, 2.45) is 0 Å². The molecule has 2 unspecified atom stereocenters. The van der Waals surface area contributed by atoms with Crippen molar-refractivity contribution >= 4 is 6.03 Å². The summed E-state index contributed by atoms with van der Waals surface area (Å²) in [6, 6.07) is 8.15. The van der Waals surface area contributed by atoms with Crippen molar-refractivity contribution in [1.29, 1.82) is 0 Å². The summed E-state index contributed by atoms with van der Waals surface area (Å²) in [5.41, 5.74) is 0.871. The molecule has 2 fully saturated rings. The van der Waals surface area contributed by atoms with E-state index >= 15 is 0 Å². The third-order valence-corrected chi connectivity index (χ3v) is 5.34. The minimum atomic E-state index is -0.256. The topological polar surface area (TPSA) is 59.6 Å². The first-order valence-electron chi connectivity index (χ1n) is 9.00. The molecule has 24 heavy (non-hydrogen) atoms. The SMILES string of the molecule is CCC1CC(NC(=O)NC2(c3cccc(OC)c3)CCC2)CCO1. The van der Waals surface area contributed by atoms with Gasteiger partial charge < -0.3 is 20.1 Å². The zero-order chi connectivity index (χ0) is 17.0. The summed E-state index contributed by atoms with van der Waals surface area (Å²) in [5.74, 6) is 0.830. The Morgan fingerprint density at radius 3 is 2.92 bits per heavy atom. The predicted octanol–water partition coefficient (Wildman–Crippen LogP) is 3.33. The van der Waals surface area contributed by atoms with Gasteiger partial charge in [0.15, 0.2) is 0 Å². The molecular weight excluding hydrogens is 304 g/mol. The molecule has 2 amide bonds. The molecule has 2 atom stereocenters. The highest BCUT2D eigenvalue weighted by atomic mass is 16.5. The maximum atomic E-state index is 12.5. The summed E-state index contributed by atoms with van der Waals surface area (Å²) >= 11 is 0. The molecule has 1 aromatic carbocycles. The number of amides is 2. The summed E-state index contributed by atoms with van der Waals surface area (Å²) in [4.78, 5) is 12.5. The monoisotopic (exact) mass is 332 g/mol. The van der Waals surface area contributed by atoms with Gasteiger partial charge in [-0.15, -0.1) is 0 Å². The van der Waals surface area contributed by atoms with E-state index < -0.39 is 0 Å². The van der Waals surface area contributed by atoms with Crippen LogP contribution in [0.25, 0.3) is 0 Å². The van der Waals surface area contributed by atoms with Crippen molar-refractivity contribution in [3.8, 4) is 5.75 Å². The van der Waals surface area contributed by atoms with E-state index in [9.17, 15) is 4.79 Å². The van der Waals surface area contributed by atoms with Gasteiger partial charge in [-0.25, -0.2) is 4.79 Å². The van der Waals surface area contributed by atoms with Gasteiger partial charge in [0.05, 0.1) is 18.8 Å².